The van der Waals surface area contributed by atoms with E-state index in [2.05, 4.69) is 10.1 Å². The van der Waals surface area contributed by atoms with Gasteiger partial charge in [0.2, 0.25) is 0 Å². The number of carbonyl (C=O) groups is 1. The highest BCUT2D eigenvalue weighted by Gasteiger charge is 2.35. The number of nitrogens with zero attached hydrogens (tertiary/aromatic N) is 4. The zero-order chi connectivity index (χ0) is 21.4. The second kappa shape index (κ2) is 7.68. The second-order valence-electron chi connectivity index (χ2n) is 7.58. The molecule has 3 heterocycles. The monoisotopic (exact) mass is 412 g/mol. The highest BCUT2D eigenvalue weighted by atomic mass is 16.3. The van der Waals surface area contributed by atoms with Gasteiger partial charge in [-0.25, -0.2) is 9.99 Å². The molecule has 0 saturated carbocycles. The van der Waals surface area contributed by atoms with Crippen LogP contribution in [0.25, 0.3) is 10.9 Å². The first-order chi connectivity index (χ1) is 15.1. The van der Waals surface area contributed by atoms with Crippen LogP contribution < -0.4 is 5.56 Å². The summed E-state index contributed by atoms with van der Waals surface area (Å²) in [5.74, 6) is 0.353. The fourth-order valence-corrected chi connectivity index (χ4v) is 3.80. The molecule has 5 rings (SSSR count). The molecule has 4 aromatic rings. The van der Waals surface area contributed by atoms with Crippen LogP contribution >= 0.6 is 0 Å². The zero-order valence-electron chi connectivity index (χ0n) is 16.9. The van der Waals surface area contributed by atoms with Crippen molar-refractivity contribution in [3.05, 3.63) is 100 Å². The highest BCUT2D eigenvalue weighted by Crippen LogP contribution is 2.33. The van der Waals surface area contributed by atoms with E-state index in [9.17, 15) is 9.59 Å². The van der Waals surface area contributed by atoms with E-state index in [1.54, 1.807) is 30.5 Å². The van der Waals surface area contributed by atoms with Gasteiger partial charge >= 0.3 is 0 Å². The van der Waals surface area contributed by atoms with Gasteiger partial charge in [0.1, 0.15) is 18.3 Å². The zero-order valence-corrected chi connectivity index (χ0v) is 16.9. The molecule has 1 atom stereocenters. The average molecular weight is 412 g/mol. The van der Waals surface area contributed by atoms with Gasteiger partial charge in [0.05, 0.1) is 29.2 Å². The van der Waals surface area contributed by atoms with Crippen molar-refractivity contribution in [3.8, 4) is 0 Å². The molecule has 7 nitrogen and oxygen atoms in total. The number of furan rings is 1. The predicted octanol–water partition coefficient (Wildman–Crippen LogP) is 3.68. The Kier molecular flexibility index (Phi) is 4.71. The highest BCUT2D eigenvalue weighted by molar-refractivity contribution is 6.03. The lowest BCUT2D eigenvalue weighted by Gasteiger charge is -2.20. The number of carbonyl (C=O) groups excluding carboxylic acids is 1. The van der Waals surface area contributed by atoms with E-state index >= 15 is 0 Å². The number of amides is 1. The summed E-state index contributed by atoms with van der Waals surface area (Å²) in [6, 6.07) is 18.4. The number of aromatic nitrogens is 2. The topological polar surface area (TPSA) is 80.7 Å². The number of fused-ring (bicyclic) bond motifs is 1. The number of aryl methyl sites for hydroxylation is 1. The molecule has 31 heavy (non-hydrogen) atoms. The largest absolute Gasteiger partial charge is 0.467 e. The maximum absolute atomic E-state index is 13.2. The van der Waals surface area contributed by atoms with Crippen LogP contribution in [0.1, 0.15) is 29.3 Å². The van der Waals surface area contributed by atoms with Gasteiger partial charge in [-0.3, -0.25) is 14.2 Å². The molecule has 0 unspecified atom stereocenters. The van der Waals surface area contributed by atoms with Crippen LogP contribution in [0.4, 0.5) is 0 Å². The van der Waals surface area contributed by atoms with Gasteiger partial charge in [-0.05, 0) is 36.8 Å². The Hall–Kier alpha value is -4.00. The second-order valence-corrected chi connectivity index (χ2v) is 7.58. The number of benzene rings is 2. The SMILES string of the molecule is Cc1ccc(C2=NN(C(=O)Cn3cnc4ccccc4c3=O)[C@H](c3ccco3)C2)cc1. The van der Waals surface area contributed by atoms with E-state index in [-0.39, 0.29) is 24.1 Å². The molecule has 0 bridgehead atoms. The normalized spacial score (nSPS) is 16.0. The molecule has 1 aliphatic rings. The van der Waals surface area contributed by atoms with Crippen molar-refractivity contribution in [1.82, 2.24) is 14.6 Å². The lowest BCUT2D eigenvalue weighted by molar-refractivity contribution is -0.134. The summed E-state index contributed by atoms with van der Waals surface area (Å²) in [5.41, 5.74) is 3.27. The molecular weight excluding hydrogens is 392 g/mol. The fourth-order valence-electron chi connectivity index (χ4n) is 3.80. The van der Waals surface area contributed by atoms with Crippen LogP contribution in [0.2, 0.25) is 0 Å². The van der Waals surface area contributed by atoms with Crippen LogP contribution in [-0.4, -0.2) is 26.2 Å². The maximum atomic E-state index is 13.2. The molecule has 2 aromatic heterocycles. The van der Waals surface area contributed by atoms with E-state index in [0.29, 0.717) is 23.1 Å². The molecule has 0 N–H and O–H groups in total. The first kappa shape index (κ1) is 19.0. The number of hydrogen-bond donors (Lipinski definition) is 0. The summed E-state index contributed by atoms with van der Waals surface area (Å²) in [4.78, 5) is 30.3. The third-order valence-electron chi connectivity index (χ3n) is 5.46. The first-order valence-corrected chi connectivity index (χ1v) is 10.0. The Bertz CT molecular complexity index is 1340. The van der Waals surface area contributed by atoms with E-state index in [1.807, 2.05) is 43.3 Å². The van der Waals surface area contributed by atoms with Crippen molar-refractivity contribution in [1.29, 1.82) is 0 Å². The minimum Gasteiger partial charge on any atom is -0.467 e. The molecule has 0 radical (unpaired) electrons. The van der Waals surface area contributed by atoms with Gasteiger partial charge in [-0.15, -0.1) is 0 Å². The Labute approximate surface area is 178 Å². The van der Waals surface area contributed by atoms with Crippen LogP contribution in [0.15, 0.2) is 87.6 Å². The average Bonchev–Trinajstić information content (AvgIpc) is 3.46. The van der Waals surface area contributed by atoms with Crippen LogP contribution in [-0.2, 0) is 11.3 Å². The van der Waals surface area contributed by atoms with Gasteiger partial charge in [0.15, 0.2) is 0 Å². The Balaban J connectivity index is 1.48. The van der Waals surface area contributed by atoms with Gasteiger partial charge in [0, 0.05) is 6.42 Å². The molecule has 154 valence electrons. The van der Waals surface area contributed by atoms with E-state index in [1.165, 1.54) is 15.9 Å². The smallest absolute Gasteiger partial charge is 0.263 e. The summed E-state index contributed by atoms with van der Waals surface area (Å²) in [6.45, 7) is 1.87. The molecule has 1 aliphatic heterocycles. The lowest BCUT2D eigenvalue weighted by Crippen LogP contribution is -2.34. The lowest BCUT2D eigenvalue weighted by atomic mass is 10.0. The predicted molar refractivity (Wildman–Crippen MR) is 117 cm³/mol. The third kappa shape index (κ3) is 3.54. The van der Waals surface area contributed by atoms with Crippen molar-refractivity contribution in [2.45, 2.75) is 25.9 Å². The van der Waals surface area contributed by atoms with E-state index in [0.717, 1.165) is 16.8 Å². The first-order valence-electron chi connectivity index (χ1n) is 10.0. The summed E-state index contributed by atoms with van der Waals surface area (Å²) >= 11 is 0. The number of hydrogen-bond acceptors (Lipinski definition) is 5. The van der Waals surface area contributed by atoms with Gasteiger partial charge < -0.3 is 4.42 Å². The minimum absolute atomic E-state index is 0.154. The maximum Gasteiger partial charge on any atom is 0.263 e. The Morgan fingerprint density at radius 1 is 1.10 bits per heavy atom. The Morgan fingerprint density at radius 2 is 1.90 bits per heavy atom. The van der Waals surface area contributed by atoms with Crippen molar-refractivity contribution in [2.75, 3.05) is 0 Å². The van der Waals surface area contributed by atoms with Crippen LogP contribution in [0.5, 0.6) is 0 Å². The van der Waals surface area contributed by atoms with Crippen molar-refractivity contribution < 1.29 is 9.21 Å². The minimum atomic E-state index is -0.358. The number of rotatable bonds is 4. The van der Waals surface area contributed by atoms with Crippen LogP contribution in [0.3, 0.4) is 0 Å². The summed E-state index contributed by atoms with van der Waals surface area (Å²) in [7, 11) is 0. The Morgan fingerprint density at radius 3 is 2.68 bits per heavy atom. The summed E-state index contributed by atoms with van der Waals surface area (Å²) in [6.07, 6.45) is 3.53. The molecule has 1 amide bonds. The quantitative estimate of drug-likeness (QED) is 0.512. The van der Waals surface area contributed by atoms with Crippen molar-refractivity contribution >= 4 is 22.5 Å². The van der Waals surface area contributed by atoms with E-state index < -0.39 is 0 Å². The van der Waals surface area contributed by atoms with Crippen molar-refractivity contribution in [3.63, 3.8) is 0 Å². The number of para-hydroxylation sites is 1. The van der Waals surface area contributed by atoms with Gasteiger partial charge in [-0.2, -0.15) is 5.10 Å². The number of hydrazone groups is 1. The van der Waals surface area contributed by atoms with Gasteiger partial charge in [0.25, 0.3) is 11.5 Å². The molecule has 7 heteroatoms. The molecular formula is C24H20N4O3. The summed E-state index contributed by atoms with van der Waals surface area (Å²) < 4.78 is 6.91. The fraction of sp³-hybridized carbons (Fsp3) is 0.167. The molecule has 0 aliphatic carbocycles. The van der Waals surface area contributed by atoms with Gasteiger partial charge in [-0.1, -0.05) is 42.0 Å². The van der Waals surface area contributed by atoms with Crippen LogP contribution in [0, 0.1) is 6.92 Å². The molecule has 0 saturated heterocycles. The molecule has 2 aromatic carbocycles. The molecule has 0 spiro atoms. The van der Waals surface area contributed by atoms with E-state index in [4.69, 9.17) is 4.42 Å². The molecule has 0 fully saturated rings. The third-order valence-corrected chi connectivity index (χ3v) is 5.46. The summed E-state index contributed by atoms with van der Waals surface area (Å²) in [5, 5.41) is 6.52. The van der Waals surface area contributed by atoms with Crippen molar-refractivity contribution in [2.24, 2.45) is 5.10 Å². The standard InChI is InChI=1S/C24H20N4O3/c1-16-8-10-17(11-9-16)20-13-21(22-7-4-12-31-22)28(26-20)23(29)14-27-15-25-19-6-3-2-5-18(19)24(27)30/h2-12,15,21H,13-14H2,1H3/t21-/m0/s1.